The van der Waals surface area contributed by atoms with Crippen molar-refractivity contribution in [3.63, 3.8) is 0 Å². The average molecular weight is 312 g/mol. The molecular formula is C21H28O2. The van der Waals surface area contributed by atoms with Gasteiger partial charge in [0.1, 0.15) is 6.29 Å². The van der Waals surface area contributed by atoms with Gasteiger partial charge in [-0.15, -0.1) is 0 Å². The maximum Gasteiger partial charge on any atom is 0.178 e. The molecule has 0 heterocycles. The fraction of sp³-hybridized carbons (Fsp3) is 0.714. The molecule has 0 aromatic heterocycles. The van der Waals surface area contributed by atoms with Crippen molar-refractivity contribution in [2.24, 2.45) is 40.4 Å². The van der Waals surface area contributed by atoms with Crippen LogP contribution in [0.3, 0.4) is 0 Å². The lowest BCUT2D eigenvalue weighted by Gasteiger charge is -2.56. The van der Waals surface area contributed by atoms with E-state index in [0.717, 1.165) is 12.8 Å². The Morgan fingerprint density at radius 1 is 1.22 bits per heavy atom. The Bertz CT molecular complexity index is 615. The summed E-state index contributed by atoms with van der Waals surface area (Å²) in [5, 5.41) is 0. The maximum absolute atomic E-state index is 11.8. The summed E-state index contributed by atoms with van der Waals surface area (Å²) in [4.78, 5) is 23.5. The van der Waals surface area contributed by atoms with Crippen molar-refractivity contribution >= 4 is 12.1 Å². The Labute approximate surface area is 139 Å². The van der Waals surface area contributed by atoms with Crippen molar-refractivity contribution in [1.29, 1.82) is 0 Å². The van der Waals surface area contributed by atoms with Gasteiger partial charge < -0.3 is 4.79 Å². The third kappa shape index (κ3) is 1.93. The molecule has 3 fully saturated rings. The molecule has 3 saturated carbocycles. The molecule has 0 radical (unpaired) electrons. The summed E-state index contributed by atoms with van der Waals surface area (Å²) in [6, 6.07) is 0. The van der Waals surface area contributed by atoms with E-state index in [1.165, 1.54) is 31.1 Å². The minimum Gasteiger partial charge on any atom is -0.303 e. The van der Waals surface area contributed by atoms with E-state index < -0.39 is 0 Å². The van der Waals surface area contributed by atoms with Crippen molar-refractivity contribution in [2.75, 3.05) is 0 Å². The molecule has 4 aliphatic carbocycles. The molecule has 2 heteroatoms. The molecule has 0 amide bonds. The van der Waals surface area contributed by atoms with E-state index in [4.69, 9.17) is 0 Å². The molecule has 4 rings (SSSR count). The standard InChI is InChI=1S/C21H28O2/c1-13-10-18-16-5-4-14-11-15(23)6-8-20(14,2)17(16)7-9-21(18,3)19(13)12-22/h6,8,11-13,16-19H,4-5,7,9-10H2,1-3H3/t13-,16?,17?,18?,19?,20?,21?/m1/s1. The second-order valence-electron chi connectivity index (χ2n) is 9.02. The number of hydrogen-bond donors (Lipinski definition) is 0. The maximum atomic E-state index is 11.8. The Morgan fingerprint density at radius 2 is 2.00 bits per heavy atom. The summed E-state index contributed by atoms with van der Waals surface area (Å²) in [5.74, 6) is 2.95. The van der Waals surface area contributed by atoms with E-state index in [1.54, 1.807) is 6.08 Å². The molecule has 7 atom stereocenters. The van der Waals surface area contributed by atoms with Gasteiger partial charge in [-0.1, -0.05) is 32.4 Å². The highest BCUT2D eigenvalue weighted by molar-refractivity contribution is 6.01. The molecule has 4 aliphatic rings. The van der Waals surface area contributed by atoms with Crippen LogP contribution in [-0.2, 0) is 9.59 Å². The Kier molecular flexibility index (Phi) is 3.28. The van der Waals surface area contributed by atoms with Crippen LogP contribution in [0.1, 0.15) is 52.9 Å². The fourth-order valence-electron chi connectivity index (χ4n) is 6.89. The summed E-state index contributed by atoms with van der Waals surface area (Å²) in [6.07, 6.45) is 12.9. The average Bonchev–Trinajstić information content (AvgIpc) is 2.77. The minimum atomic E-state index is 0.0701. The van der Waals surface area contributed by atoms with Crippen LogP contribution in [-0.4, -0.2) is 12.1 Å². The molecule has 0 saturated heterocycles. The van der Waals surface area contributed by atoms with Crippen LogP contribution >= 0.6 is 0 Å². The molecule has 23 heavy (non-hydrogen) atoms. The Morgan fingerprint density at radius 3 is 2.74 bits per heavy atom. The van der Waals surface area contributed by atoms with Gasteiger partial charge >= 0.3 is 0 Å². The van der Waals surface area contributed by atoms with Crippen molar-refractivity contribution in [2.45, 2.75) is 52.9 Å². The van der Waals surface area contributed by atoms with E-state index in [2.05, 4.69) is 26.8 Å². The highest BCUT2D eigenvalue weighted by Crippen LogP contribution is 2.66. The molecule has 0 N–H and O–H groups in total. The highest BCUT2D eigenvalue weighted by Gasteiger charge is 2.60. The largest absolute Gasteiger partial charge is 0.303 e. The van der Waals surface area contributed by atoms with Gasteiger partial charge in [0.05, 0.1) is 0 Å². The van der Waals surface area contributed by atoms with Gasteiger partial charge in [0.2, 0.25) is 0 Å². The lowest BCUT2D eigenvalue weighted by molar-refractivity contribution is -0.118. The van der Waals surface area contributed by atoms with Crippen LogP contribution < -0.4 is 0 Å². The number of carbonyl (C=O) groups excluding carboxylic acids is 2. The second-order valence-corrected chi connectivity index (χ2v) is 9.02. The predicted octanol–water partition coefficient (Wildman–Crippen LogP) is 4.36. The summed E-state index contributed by atoms with van der Waals surface area (Å²) >= 11 is 0. The van der Waals surface area contributed by atoms with Crippen LogP contribution in [0.15, 0.2) is 23.8 Å². The van der Waals surface area contributed by atoms with Crippen LogP contribution in [0.5, 0.6) is 0 Å². The molecule has 124 valence electrons. The van der Waals surface area contributed by atoms with Gasteiger partial charge in [0.25, 0.3) is 0 Å². The first-order valence-electron chi connectivity index (χ1n) is 9.29. The first kappa shape index (κ1) is 15.4. The number of rotatable bonds is 1. The monoisotopic (exact) mass is 312 g/mol. The number of carbonyl (C=O) groups is 2. The topological polar surface area (TPSA) is 34.1 Å². The number of ketones is 1. The van der Waals surface area contributed by atoms with E-state index >= 15 is 0 Å². The van der Waals surface area contributed by atoms with E-state index in [9.17, 15) is 9.59 Å². The molecule has 0 aromatic rings. The Balaban J connectivity index is 1.70. The van der Waals surface area contributed by atoms with E-state index in [-0.39, 0.29) is 22.5 Å². The zero-order valence-electron chi connectivity index (χ0n) is 14.5. The number of hydrogen-bond acceptors (Lipinski definition) is 2. The number of fused-ring (bicyclic) bond motifs is 5. The molecule has 0 aliphatic heterocycles. The number of aldehydes is 1. The summed E-state index contributed by atoms with van der Waals surface area (Å²) in [6.45, 7) is 6.99. The number of allylic oxidation sites excluding steroid dienone is 4. The zero-order valence-corrected chi connectivity index (χ0v) is 14.5. The lowest BCUT2D eigenvalue weighted by Crippen LogP contribution is -2.49. The van der Waals surface area contributed by atoms with Crippen LogP contribution in [0.25, 0.3) is 0 Å². The van der Waals surface area contributed by atoms with Crippen molar-refractivity contribution in [3.8, 4) is 0 Å². The van der Waals surface area contributed by atoms with E-state index in [1.807, 2.05) is 6.08 Å². The van der Waals surface area contributed by atoms with Gasteiger partial charge in [-0.05, 0) is 73.3 Å². The van der Waals surface area contributed by atoms with E-state index in [0.29, 0.717) is 23.7 Å². The predicted molar refractivity (Wildman–Crippen MR) is 90.7 cm³/mol. The molecule has 0 aromatic carbocycles. The quantitative estimate of drug-likeness (QED) is 0.674. The molecule has 2 nitrogen and oxygen atoms in total. The smallest absolute Gasteiger partial charge is 0.178 e. The van der Waals surface area contributed by atoms with Gasteiger partial charge in [0.15, 0.2) is 5.78 Å². The SMILES string of the molecule is C[C@@H]1CC2C3CCC4=CC(=O)C=CC4(C)C3CCC2(C)C1C=O. The lowest BCUT2D eigenvalue weighted by atomic mass is 9.48. The molecule has 0 bridgehead atoms. The van der Waals surface area contributed by atoms with Crippen molar-refractivity contribution in [3.05, 3.63) is 23.8 Å². The molecule has 0 spiro atoms. The third-order valence-electron chi connectivity index (χ3n) is 8.14. The first-order chi connectivity index (χ1) is 10.9. The van der Waals surface area contributed by atoms with Gasteiger partial charge in [-0.25, -0.2) is 0 Å². The first-order valence-corrected chi connectivity index (χ1v) is 9.29. The van der Waals surface area contributed by atoms with Gasteiger partial charge in [-0.2, -0.15) is 0 Å². The van der Waals surface area contributed by atoms with Crippen LogP contribution in [0.2, 0.25) is 0 Å². The normalized spacial score (nSPS) is 51.5. The summed E-state index contributed by atoms with van der Waals surface area (Å²) in [5.41, 5.74) is 1.63. The summed E-state index contributed by atoms with van der Waals surface area (Å²) < 4.78 is 0. The van der Waals surface area contributed by atoms with Gasteiger partial charge in [-0.3, -0.25) is 4.79 Å². The van der Waals surface area contributed by atoms with Crippen LogP contribution in [0.4, 0.5) is 0 Å². The highest BCUT2D eigenvalue weighted by atomic mass is 16.1. The second kappa shape index (κ2) is 4.91. The summed E-state index contributed by atoms with van der Waals surface area (Å²) in [7, 11) is 0. The Hall–Kier alpha value is -1.18. The van der Waals surface area contributed by atoms with Crippen molar-refractivity contribution in [1.82, 2.24) is 0 Å². The molecule has 6 unspecified atom stereocenters. The van der Waals surface area contributed by atoms with Crippen molar-refractivity contribution < 1.29 is 9.59 Å². The fourth-order valence-corrected chi connectivity index (χ4v) is 6.89. The van der Waals surface area contributed by atoms with Gasteiger partial charge in [0, 0.05) is 11.3 Å². The minimum absolute atomic E-state index is 0.0701. The molecular weight excluding hydrogens is 284 g/mol. The van der Waals surface area contributed by atoms with Crippen LogP contribution in [0, 0.1) is 40.4 Å². The third-order valence-corrected chi connectivity index (χ3v) is 8.14. The zero-order chi connectivity index (χ0) is 16.4.